The van der Waals surface area contributed by atoms with E-state index in [2.05, 4.69) is 15.6 Å². The molecule has 3 rings (SSSR count). The molecule has 3 amide bonds. The zero-order chi connectivity index (χ0) is 22.6. The van der Waals surface area contributed by atoms with Gasteiger partial charge in [-0.3, -0.25) is 9.59 Å². The van der Waals surface area contributed by atoms with Gasteiger partial charge in [-0.25, -0.2) is 9.18 Å². The van der Waals surface area contributed by atoms with E-state index in [1.54, 1.807) is 37.8 Å². The lowest BCUT2D eigenvalue weighted by atomic mass is 9.97. The summed E-state index contributed by atoms with van der Waals surface area (Å²) in [6.07, 6.45) is 0.844. The lowest BCUT2D eigenvalue weighted by Crippen LogP contribution is -2.46. The first-order chi connectivity index (χ1) is 14.6. The number of benzene rings is 1. The number of nitrogens with zero attached hydrogens (tertiary/aromatic N) is 1. The van der Waals surface area contributed by atoms with Gasteiger partial charge < -0.3 is 25.3 Å². The number of ether oxygens (including phenoxy) is 1. The zero-order valence-corrected chi connectivity index (χ0v) is 18.1. The molecule has 168 valence electrons. The Morgan fingerprint density at radius 3 is 2.68 bits per heavy atom. The number of alkyl carbamates (subject to hydrolysis) is 1. The number of hydrogen-bond acceptors (Lipinski definition) is 4. The summed E-state index contributed by atoms with van der Waals surface area (Å²) in [7, 11) is 0. The molecule has 1 aromatic heterocycles. The largest absolute Gasteiger partial charge is 0.444 e. The van der Waals surface area contributed by atoms with Crippen LogP contribution in [0, 0.1) is 11.7 Å². The monoisotopic (exact) mass is 432 g/mol. The second-order valence-corrected chi connectivity index (χ2v) is 8.69. The average molecular weight is 432 g/mol. The van der Waals surface area contributed by atoms with E-state index < -0.39 is 11.7 Å². The van der Waals surface area contributed by atoms with Crippen molar-refractivity contribution in [2.45, 2.75) is 39.2 Å². The zero-order valence-electron chi connectivity index (χ0n) is 18.1. The number of likely N-dealkylation sites (tertiary alicyclic amines) is 1. The van der Waals surface area contributed by atoms with Crippen LogP contribution < -0.4 is 10.6 Å². The number of piperidine rings is 1. The SMILES string of the molecule is CC(C)(C)OC(=O)NCCNC(=O)C1CCCN(C(=O)c2cc3c(F)cccc3[nH]2)C1. The predicted molar refractivity (Wildman–Crippen MR) is 114 cm³/mol. The maximum atomic E-state index is 13.9. The van der Waals surface area contributed by atoms with E-state index in [0.29, 0.717) is 42.5 Å². The molecule has 1 aliphatic heterocycles. The van der Waals surface area contributed by atoms with E-state index in [9.17, 15) is 18.8 Å². The van der Waals surface area contributed by atoms with Gasteiger partial charge in [-0.2, -0.15) is 0 Å². The molecule has 8 nitrogen and oxygen atoms in total. The van der Waals surface area contributed by atoms with Crippen molar-refractivity contribution < 1.29 is 23.5 Å². The fourth-order valence-corrected chi connectivity index (χ4v) is 3.59. The van der Waals surface area contributed by atoms with Crippen LogP contribution in [-0.2, 0) is 9.53 Å². The third kappa shape index (κ3) is 5.96. The molecular weight excluding hydrogens is 403 g/mol. The molecule has 0 aliphatic carbocycles. The Bertz CT molecular complexity index is 966. The second-order valence-electron chi connectivity index (χ2n) is 8.69. The number of hydrogen-bond donors (Lipinski definition) is 3. The number of carbonyl (C=O) groups excluding carboxylic acids is 3. The Labute approximate surface area is 180 Å². The Hall–Kier alpha value is -3.10. The van der Waals surface area contributed by atoms with Crippen LogP contribution in [0.4, 0.5) is 9.18 Å². The van der Waals surface area contributed by atoms with Crippen molar-refractivity contribution >= 4 is 28.8 Å². The number of H-pyrrole nitrogens is 1. The molecule has 1 saturated heterocycles. The first kappa shape index (κ1) is 22.6. The van der Waals surface area contributed by atoms with Gasteiger partial charge in [0, 0.05) is 37.1 Å². The number of fused-ring (bicyclic) bond motifs is 1. The number of carbonyl (C=O) groups is 3. The summed E-state index contributed by atoms with van der Waals surface area (Å²) in [5.41, 5.74) is 0.289. The van der Waals surface area contributed by atoms with Gasteiger partial charge in [-0.05, 0) is 51.8 Å². The molecule has 0 radical (unpaired) electrons. The average Bonchev–Trinajstić information content (AvgIpc) is 3.15. The number of rotatable bonds is 5. The Balaban J connectivity index is 1.50. The van der Waals surface area contributed by atoms with E-state index >= 15 is 0 Å². The molecule has 0 spiro atoms. The number of amides is 3. The summed E-state index contributed by atoms with van der Waals surface area (Å²) in [6.45, 7) is 6.67. The van der Waals surface area contributed by atoms with Crippen molar-refractivity contribution in [2.75, 3.05) is 26.2 Å². The third-order valence-corrected chi connectivity index (χ3v) is 5.01. The van der Waals surface area contributed by atoms with Crippen molar-refractivity contribution in [1.82, 2.24) is 20.5 Å². The number of halogens is 1. The van der Waals surface area contributed by atoms with Crippen LogP contribution in [0.2, 0.25) is 0 Å². The molecule has 2 aromatic rings. The Morgan fingerprint density at radius 1 is 1.23 bits per heavy atom. The van der Waals surface area contributed by atoms with Gasteiger partial charge >= 0.3 is 6.09 Å². The number of aromatic amines is 1. The van der Waals surface area contributed by atoms with E-state index in [1.807, 2.05) is 0 Å². The Kier molecular flexibility index (Phi) is 6.82. The van der Waals surface area contributed by atoms with Crippen molar-refractivity contribution in [3.05, 3.63) is 35.8 Å². The van der Waals surface area contributed by atoms with E-state index in [0.717, 1.165) is 0 Å². The van der Waals surface area contributed by atoms with Crippen LogP contribution in [0.25, 0.3) is 10.9 Å². The summed E-state index contributed by atoms with van der Waals surface area (Å²) in [5, 5.41) is 5.75. The Morgan fingerprint density at radius 2 is 1.97 bits per heavy atom. The van der Waals surface area contributed by atoms with Gasteiger partial charge in [0.25, 0.3) is 5.91 Å². The summed E-state index contributed by atoms with van der Waals surface area (Å²) >= 11 is 0. The minimum Gasteiger partial charge on any atom is -0.444 e. The lowest BCUT2D eigenvalue weighted by Gasteiger charge is -2.31. The summed E-state index contributed by atoms with van der Waals surface area (Å²) in [4.78, 5) is 41.6. The molecule has 0 bridgehead atoms. The molecule has 1 unspecified atom stereocenters. The summed E-state index contributed by atoms with van der Waals surface area (Å²) in [5.74, 6) is -1.13. The molecule has 0 saturated carbocycles. The fraction of sp³-hybridized carbons (Fsp3) is 0.500. The van der Waals surface area contributed by atoms with Crippen LogP contribution in [0.1, 0.15) is 44.1 Å². The van der Waals surface area contributed by atoms with Crippen LogP contribution in [-0.4, -0.2) is 59.6 Å². The molecule has 3 N–H and O–H groups in total. The number of nitrogens with one attached hydrogen (secondary N) is 3. The van der Waals surface area contributed by atoms with Gasteiger partial charge in [0.15, 0.2) is 0 Å². The van der Waals surface area contributed by atoms with Crippen LogP contribution in [0.5, 0.6) is 0 Å². The molecule has 31 heavy (non-hydrogen) atoms. The maximum absolute atomic E-state index is 13.9. The van der Waals surface area contributed by atoms with E-state index in [4.69, 9.17) is 4.74 Å². The first-order valence-corrected chi connectivity index (χ1v) is 10.4. The predicted octanol–water partition coefficient (Wildman–Crippen LogP) is 2.80. The van der Waals surface area contributed by atoms with Crippen molar-refractivity contribution in [3.63, 3.8) is 0 Å². The summed E-state index contributed by atoms with van der Waals surface area (Å²) in [6, 6.07) is 6.16. The molecule has 1 fully saturated rings. The molecular formula is C22H29FN4O4. The smallest absolute Gasteiger partial charge is 0.407 e. The first-order valence-electron chi connectivity index (χ1n) is 10.4. The van der Waals surface area contributed by atoms with Gasteiger partial charge in [0.1, 0.15) is 17.1 Å². The quantitative estimate of drug-likeness (QED) is 0.632. The second kappa shape index (κ2) is 9.36. The number of aromatic nitrogens is 1. The van der Waals surface area contributed by atoms with Crippen LogP contribution >= 0.6 is 0 Å². The summed E-state index contributed by atoms with van der Waals surface area (Å²) < 4.78 is 19.1. The highest BCUT2D eigenvalue weighted by molar-refractivity contribution is 5.98. The highest BCUT2D eigenvalue weighted by Crippen LogP contribution is 2.22. The van der Waals surface area contributed by atoms with E-state index in [1.165, 1.54) is 12.1 Å². The normalized spacial score (nSPS) is 16.8. The molecule has 2 heterocycles. The minimum atomic E-state index is -0.581. The van der Waals surface area contributed by atoms with Gasteiger partial charge in [-0.15, -0.1) is 0 Å². The van der Waals surface area contributed by atoms with Crippen LogP contribution in [0.3, 0.4) is 0 Å². The van der Waals surface area contributed by atoms with Gasteiger partial charge in [-0.1, -0.05) is 6.07 Å². The van der Waals surface area contributed by atoms with Crippen molar-refractivity contribution in [1.29, 1.82) is 0 Å². The molecule has 1 atom stereocenters. The standard InChI is InChI=1S/C22H29FN4O4/c1-22(2,3)31-21(30)25-10-9-24-19(28)14-6-5-11-27(13-14)20(29)18-12-15-16(23)7-4-8-17(15)26-18/h4,7-8,12,14,26H,5-6,9-11,13H2,1-3H3,(H,24,28)(H,25,30). The highest BCUT2D eigenvalue weighted by atomic mass is 19.1. The molecule has 1 aromatic carbocycles. The van der Waals surface area contributed by atoms with E-state index in [-0.39, 0.29) is 36.6 Å². The van der Waals surface area contributed by atoms with Gasteiger partial charge in [0.05, 0.1) is 5.92 Å². The van der Waals surface area contributed by atoms with Crippen molar-refractivity contribution in [2.24, 2.45) is 5.92 Å². The molecule has 9 heteroatoms. The minimum absolute atomic E-state index is 0.161. The van der Waals surface area contributed by atoms with Crippen molar-refractivity contribution in [3.8, 4) is 0 Å². The maximum Gasteiger partial charge on any atom is 0.407 e. The van der Waals surface area contributed by atoms with Crippen LogP contribution in [0.15, 0.2) is 24.3 Å². The third-order valence-electron chi connectivity index (χ3n) is 5.01. The highest BCUT2D eigenvalue weighted by Gasteiger charge is 2.29. The van der Waals surface area contributed by atoms with Gasteiger partial charge in [0.2, 0.25) is 5.91 Å². The molecule has 1 aliphatic rings. The topological polar surface area (TPSA) is 104 Å². The lowest BCUT2D eigenvalue weighted by molar-refractivity contribution is -0.126. The fourth-order valence-electron chi connectivity index (χ4n) is 3.59.